The summed E-state index contributed by atoms with van der Waals surface area (Å²) < 4.78 is 5.39. The van der Waals surface area contributed by atoms with Crippen LogP contribution in [-0.4, -0.2) is 41.3 Å². The van der Waals surface area contributed by atoms with Gasteiger partial charge in [0.2, 0.25) is 11.8 Å². The number of carbonyl (C=O) groups excluding carboxylic acids is 3. The average molecular weight is 344 g/mol. The van der Waals surface area contributed by atoms with Gasteiger partial charge in [0.1, 0.15) is 11.8 Å². The molecule has 0 radical (unpaired) electrons. The van der Waals surface area contributed by atoms with Crippen molar-refractivity contribution in [3.63, 3.8) is 0 Å². The van der Waals surface area contributed by atoms with Crippen LogP contribution in [0.4, 0.5) is 5.69 Å². The normalized spacial score (nSPS) is 21.0. The number of imide groups is 1. The molecule has 2 fully saturated rings. The molecule has 0 aromatic heterocycles. The summed E-state index contributed by atoms with van der Waals surface area (Å²) in [7, 11) is 0. The fourth-order valence-corrected chi connectivity index (χ4v) is 3.88. The number of benzene rings is 1. The van der Waals surface area contributed by atoms with E-state index in [1.165, 1.54) is 11.8 Å². The molecule has 134 valence electrons. The second-order valence-corrected chi connectivity index (χ2v) is 6.58. The van der Waals surface area contributed by atoms with Gasteiger partial charge in [0.15, 0.2) is 0 Å². The predicted molar refractivity (Wildman–Crippen MR) is 93.3 cm³/mol. The Labute approximate surface area is 147 Å². The standard InChI is InChI=1S/C19H24N2O4/c1-3-25-16-10-8-15(9-11-16)21-18(23)12-17(19(21)24)20(13(2)22)14-6-4-5-7-14/h8-11,14,17H,3-7,12H2,1-2H3. The number of rotatable bonds is 5. The summed E-state index contributed by atoms with van der Waals surface area (Å²) in [5.74, 6) is -0.00975. The molecule has 1 heterocycles. The van der Waals surface area contributed by atoms with Gasteiger partial charge < -0.3 is 9.64 Å². The minimum Gasteiger partial charge on any atom is -0.494 e. The minimum absolute atomic E-state index is 0.0577. The Bertz CT molecular complexity index is 665. The summed E-state index contributed by atoms with van der Waals surface area (Å²) in [5, 5.41) is 0. The zero-order chi connectivity index (χ0) is 18.0. The smallest absolute Gasteiger partial charge is 0.257 e. The third kappa shape index (κ3) is 3.38. The Balaban J connectivity index is 1.82. The highest BCUT2D eigenvalue weighted by Gasteiger charge is 2.46. The Kier molecular flexibility index (Phi) is 5.06. The summed E-state index contributed by atoms with van der Waals surface area (Å²) in [6.07, 6.45) is 3.99. The van der Waals surface area contributed by atoms with Crippen molar-refractivity contribution in [3.8, 4) is 5.75 Å². The Morgan fingerprint density at radius 2 is 1.84 bits per heavy atom. The Morgan fingerprint density at radius 3 is 2.40 bits per heavy atom. The molecule has 6 heteroatoms. The molecule has 0 N–H and O–H groups in total. The van der Waals surface area contributed by atoms with E-state index in [-0.39, 0.29) is 30.2 Å². The van der Waals surface area contributed by atoms with Crippen molar-refractivity contribution in [2.75, 3.05) is 11.5 Å². The van der Waals surface area contributed by atoms with Crippen LogP contribution in [-0.2, 0) is 14.4 Å². The van der Waals surface area contributed by atoms with Crippen LogP contribution < -0.4 is 9.64 Å². The van der Waals surface area contributed by atoms with Gasteiger partial charge >= 0.3 is 0 Å². The molecule has 3 amide bonds. The molecule has 1 aliphatic carbocycles. The van der Waals surface area contributed by atoms with Crippen LogP contribution in [0.3, 0.4) is 0 Å². The van der Waals surface area contributed by atoms with Gasteiger partial charge in [-0.2, -0.15) is 0 Å². The number of ether oxygens (including phenoxy) is 1. The maximum Gasteiger partial charge on any atom is 0.257 e. The number of hydrogen-bond acceptors (Lipinski definition) is 4. The molecule has 6 nitrogen and oxygen atoms in total. The summed E-state index contributed by atoms with van der Waals surface area (Å²) in [4.78, 5) is 40.4. The molecule has 1 saturated carbocycles. The number of hydrogen-bond donors (Lipinski definition) is 0. The summed E-state index contributed by atoms with van der Waals surface area (Å²) in [6.45, 7) is 3.93. The van der Waals surface area contributed by atoms with E-state index in [1.54, 1.807) is 29.2 Å². The van der Waals surface area contributed by atoms with Crippen LogP contribution in [0.15, 0.2) is 24.3 Å². The molecule has 1 saturated heterocycles. The lowest BCUT2D eigenvalue weighted by Crippen LogP contribution is -2.49. The summed E-state index contributed by atoms with van der Waals surface area (Å²) >= 11 is 0. The minimum atomic E-state index is -0.681. The molecule has 0 spiro atoms. The fraction of sp³-hybridized carbons (Fsp3) is 0.526. The van der Waals surface area contributed by atoms with E-state index >= 15 is 0 Å². The van der Waals surface area contributed by atoms with Gasteiger partial charge in [-0.1, -0.05) is 12.8 Å². The van der Waals surface area contributed by atoms with Crippen molar-refractivity contribution in [2.45, 2.75) is 58.0 Å². The molecular weight excluding hydrogens is 320 g/mol. The van der Waals surface area contributed by atoms with E-state index in [9.17, 15) is 14.4 Å². The number of amides is 3. The fourth-order valence-electron chi connectivity index (χ4n) is 3.88. The molecular formula is C19H24N2O4. The first-order valence-corrected chi connectivity index (χ1v) is 8.91. The first-order valence-electron chi connectivity index (χ1n) is 8.91. The van der Waals surface area contributed by atoms with Crippen molar-refractivity contribution < 1.29 is 19.1 Å². The first-order chi connectivity index (χ1) is 12.0. The SMILES string of the molecule is CCOc1ccc(N2C(=O)CC(N(C(C)=O)C3CCCC3)C2=O)cc1. The van der Waals surface area contributed by atoms with Crippen LogP contribution in [0.1, 0.15) is 46.0 Å². The quantitative estimate of drug-likeness (QED) is 0.770. The van der Waals surface area contributed by atoms with Crippen LogP contribution in [0.5, 0.6) is 5.75 Å². The first kappa shape index (κ1) is 17.5. The van der Waals surface area contributed by atoms with Gasteiger partial charge in [-0.15, -0.1) is 0 Å². The predicted octanol–water partition coefficient (Wildman–Crippen LogP) is 2.51. The van der Waals surface area contributed by atoms with Crippen molar-refractivity contribution in [3.05, 3.63) is 24.3 Å². The molecule has 2 aliphatic rings. The topological polar surface area (TPSA) is 66.9 Å². The lowest BCUT2D eigenvalue weighted by atomic mass is 10.1. The summed E-state index contributed by atoms with van der Waals surface area (Å²) in [5.41, 5.74) is 0.524. The van der Waals surface area contributed by atoms with Crippen molar-refractivity contribution >= 4 is 23.4 Å². The van der Waals surface area contributed by atoms with E-state index in [2.05, 4.69) is 0 Å². The molecule has 1 atom stereocenters. The highest BCUT2D eigenvalue weighted by atomic mass is 16.5. The molecule has 1 aromatic carbocycles. The van der Waals surface area contributed by atoms with Gasteiger partial charge in [0, 0.05) is 13.0 Å². The molecule has 3 rings (SSSR count). The highest BCUT2D eigenvalue weighted by molar-refractivity contribution is 6.23. The van der Waals surface area contributed by atoms with Crippen molar-refractivity contribution in [2.24, 2.45) is 0 Å². The van der Waals surface area contributed by atoms with Crippen LogP contribution in [0.2, 0.25) is 0 Å². The van der Waals surface area contributed by atoms with Crippen LogP contribution >= 0.6 is 0 Å². The van der Waals surface area contributed by atoms with E-state index in [0.29, 0.717) is 18.0 Å². The second-order valence-electron chi connectivity index (χ2n) is 6.58. The van der Waals surface area contributed by atoms with Crippen LogP contribution in [0, 0.1) is 0 Å². The van der Waals surface area contributed by atoms with E-state index in [1.807, 2.05) is 6.92 Å². The zero-order valence-corrected chi connectivity index (χ0v) is 14.7. The van der Waals surface area contributed by atoms with Crippen LogP contribution in [0.25, 0.3) is 0 Å². The van der Waals surface area contributed by atoms with E-state index in [4.69, 9.17) is 4.74 Å². The van der Waals surface area contributed by atoms with Gasteiger partial charge in [-0.05, 0) is 44.0 Å². The maximum absolute atomic E-state index is 12.9. The van der Waals surface area contributed by atoms with Gasteiger partial charge in [0.05, 0.1) is 18.7 Å². The van der Waals surface area contributed by atoms with Gasteiger partial charge in [-0.3, -0.25) is 14.4 Å². The Morgan fingerprint density at radius 1 is 1.20 bits per heavy atom. The number of anilines is 1. The summed E-state index contributed by atoms with van der Waals surface area (Å²) in [6, 6.07) is 6.28. The average Bonchev–Trinajstić information content (AvgIpc) is 3.18. The number of nitrogens with zero attached hydrogens (tertiary/aromatic N) is 2. The molecule has 1 unspecified atom stereocenters. The largest absolute Gasteiger partial charge is 0.494 e. The van der Waals surface area contributed by atoms with Crippen molar-refractivity contribution in [1.29, 1.82) is 0 Å². The van der Waals surface area contributed by atoms with Crippen molar-refractivity contribution in [1.82, 2.24) is 4.90 Å². The van der Waals surface area contributed by atoms with Gasteiger partial charge in [-0.25, -0.2) is 4.90 Å². The molecule has 1 aromatic rings. The third-order valence-electron chi connectivity index (χ3n) is 4.95. The molecule has 0 bridgehead atoms. The van der Waals surface area contributed by atoms with Gasteiger partial charge in [0.25, 0.3) is 5.91 Å². The molecule has 25 heavy (non-hydrogen) atoms. The lowest BCUT2D eigenvalue weighted by molar-refractivity contribution is -0.139. The number of carbonyl (C=O) groups is 3. The maximum atomic E-state index is 12.9. The Hall–Kier alpha value is -2.37. The zero-order valence-electron chi connectivity index (χ0n) is 14.7. The molecule has 1 aliphatic heterocycles. The lowest BCUT2D eigenvalue weighted by Gasteiger charge is -2.32. The second kappa shape index (κ2) is 7.25. The van der Waals surface area contributed by atoms with E-state index < -0.39 is 6.04 Å². The van der Waals surface area contributed by atoms with E-state index in [0.717, 1.165) is 25.7 Å². The third-order valence-corrected chi connectivity index (χ3v) is 4.95. The highest BCUT2D eigenvalue weighted by Crippen LogP contribution is 2.32. The monoisotopic (exact) mass is 344 g/mol.